The van der Waals surface area contributed by atoms with Gasteiger partial charge in [-0.3, -0.25) is 24.3 Å². The Kier molecular flexibility index (Phi) is 4.57. The zero-order chi connectivity index (χ0) is 17.1. The van der Waals surface area contributed by atoms with Gasteiger partial charge in [-0.2, -0.15) is 0 Å². The fourth-order valence-corrected chi connectivity index (χ4v) is 3.17. The van der Waals surface area contributed by atoms with Crippen LogP contribution >= 0.6 is 0 Å². The lowest BCUT2D eigenvalue weighted by molar-refractivity contribution is -0.131. The van der Waals surface area contributed by atoms with Gasteiger partial charge in [-0.05, 0) is 31.0 Å². The maximum Gasteiger partial charge on any atom is 0.300 e. The first-order chi connectivity index (χ1) is 11.6. The summed E-state index contributed by atoms with van der Waals surface area (Å²) in [4.78, 5) is 34.2. The number of nitrogens with zero attached hydrogens (tertiary/aromatic N) is 3. The molecule has 122 valence electrons. The molecule has 0 aliphatic carbocycles. The van der Waals surface area contributed by atoms with Gasteiger partial charge in [-0.15, -0.1) is 0 Å². The van der Waals surface area contributed by atoms with E-state index in [0.29, 0.717) is 12.1 Å². The number of hydrogen-bond acceptors (Lipinski definition) is 3. The number of fused-ring (bicyclic) bond motifs is 1. The maximum absolute atomic E-state index is 12.6. The molecule has 0 bridgehead atoms. The van der Waals surface area contributed by atoms with Gasteiger partial charge in [0.2, 0.25) is 5.91 Å². The molecule has 1 aliphatic rings. The summed E-state index contributed by atoms with van der Waals surface area (Å²) in [6, 6.07) is 7.52. The van der Waals surface area contributed by atoms with Gasteiger partial charge in [-0.1, -0.05) is 12.1 Å². The number of likely N-dealkylation sites (tertiary alicyclic amines) is 1. The zero-order valence-electron chi connectivity index (χ0n) is 13.7. The first-order valence-electron chi connectivity index (χ1n) is 8.15. The topological polar surface area (TPSA) is 54.6 Å². The van der Waals surface area contributed by atoms with Crippen LogP contribution in [0, 0.1) is 13.5 Å². The van der Waals surface area contributed by atoms with Crippen molar-refractivity contribution >= 4 is 22.6 Å². The quantitative estimate of drug-likeness (QED) is 0.641. The summed E-state index contributed by atoms with van der Waals surface area (Å²) in [5.74, 6) is -0.158. The predicted molar refractivity (Wildman–Crippen MR) is 91.4 cm³/mol. The molecule has 0 N–H and O–H groups in total. The summed E-state index contributed by atoms with van der Waals surface area (Å²) < 4.78 is 0. The molecule has 0 unspecified atom stereocenters. The van der Waals surface area contributed by atoms with E-state index in [9.17, 15) is 9.59 Å². The van der Waals surface area contributed by atoms with E-state index in [0.717, 1.165) is 29.3 Å². The normalized spacial score (nSPS) is 17.0. The van der Waals surface area contributed by atoms with Crippen LogP contribution in [-0.4, -0.2) is 34.3 Å². The van der Waals surface area contributed by atoms with Crippen LogP contribution in [0.2, 0.25) is 0 Å². The van der Waals surface area contributed by atoms with E-state index < -0.39 is 0 Å². The van der Waals surface area contributed by atoms with Crippen LogP contribution in [-0.2, 0) is 4.79 Å². The third kappa shape index (κ3) is 3.13. The Hall–Kier alpha value is -2.74. The Balaban J connectivity index is 1.72. The van der Waals surface area contributed by atoms with Crippen LogP contribution in [0.15, 0.2) is 30.5 Å². The van der Waals surface area contributed by atoms with Gasteiger partial charge in [0.25, 0.3) is 0 Å². The van der Waals surface area contributed by atoms with Crippen LogP contribution in [0.1, 0.15) is 41.6 Å². The summed E-state index contributed by atoms with van der Waals surface area (Å²) in [7, 11) is 0. The molecule has 5 nitrogen and oxygen atoms in total. The number of benzene rings is 1. The fraction of sp³-hybridized carbons (Fsp3) is 0.368. The highest BCUT2D eigenvalue weighted by molar-refractivity contribution is 6.08. The highest BCUT2D eigenvalue weighted by atomic mass is 16.2. The molecule has 1 aromatic heterocycles. The van der Waals surface area contributed by atoms with Crippen molar-refractivity contribution < 1.29 is 9.59 Å². The summed E-state index contributed by atoms with van der Waals surface area (Å²) in [6.45, 7) is 9.75. The molecular formula is C19H19N3O2. The van der Waals surface area contributed by atoms with E-state index in [1.54, 1.807) is 17.2 Å². The number of Topliss-reactive ketones (excluding diaryl/α,β-unsaturated/α-hetero) is 1. The van der Waals surface area contributed by atoms with Crippen molar-refractivity contribution in [2.45, 2.75) is 38.8 Å². The number of aryl methyl sites for hydroxylation is 1. The van der Waals surface area contributed by atoms with Gasteiger partial charge >= 0.3 is 6.17 Å². The second-order valence-corrected chi connectivity index (χ2v) is 6.14. The lowest BCUT2D eigenvalue weighted by Gasteiger charge is -2.15. The lowest BCUT2D eigenvalue weighted by Crippen LogP contribution is -2.33. The molecular weight excluding hydrogens is 302 g/mol. The number of hydrogen-bond donors (Lipinski definition) is 0. The highest BCUT2D eigenvalue weighted by Crippen LogP contribution is 2.22. The number of carbonyl (C=O) groups is 2. The van der Waals surface area contributed by atoms with Crippen LogP contribution in [0.3, 0.4) is 0 Å². The summed E-state index contributed by atoms with van der Waals surface area (Å²) in [5, 5.41) is 0.820. The molecule has 2 heterocycles. The van der Waals surface area contributed by atoms with Crippen LogP contribution in [0.5, 0.6) is 0 Å². The Bertz CT molecular complexity index is 838. The van der Waals surface area contributed by atoms with Crippen molar-refractivity contribution in [2.24, 2.45) is 0 Å². The van der Waals surface area contributed by atoms with E-state index in [1.165, 1.54) is 0 Å². The van der Waals surface area contributed by atoms with Gasteiger partial charge in [0.1, 0.15) is 0 Å². The molecule has 1 atom stereocenters. The average molecular weight is 321 g/mol. The number of rotatable bonds is 4. The van der Waals surface area contributed by atoms with E-state index >= 15 is 0 Å². The molecule has 1 saturated heterocycles. The maximum atomic E-state index is 12.6. The smallest absolute Gasteiger partial charge is 0.294 e. The first kappa shape index (κ1) is 16.1. The Morgan fingerprint density at radius 1 is 1.33 bits per heavy atom. The zero-order valence-corrected chi connectivity index (χ0v) is 13.7. The lowest BCUT2D eigenvalue weighted by atomic mass is 10.0. The monoisotopic (exact) mass is 321 g/mol. The second kappa shape index (κ2) is 6.79. The fourth-order valence-electron chi connectivity index (χ4n) is 3.17. The van der Waals surface area contributed by atoms with Crippen molar-refractivity contribution in [1.29, 1.82) is 0 Å². The molecule has 0 saturated carbocycles. The van der Waals surface area contributed by atoms with Gasteiger partial charge in [0.05, 0.1) is 5.52 Å². The van der Waals surface area contributed by atoms with Crippen LogP contribution < -0.4 is 0 Å². The van der Waals surface area contributed by atoms with Crippen molar-refractivity contribution in [3.05, 3.63) is 53.0 Å². The largest absolute Gasteiger partial charge is 0.300 e. The summed E-state index contributed by atoms with van der Waals surface area (Å²) in [5.41, 5.74) is 2.49. The standard InChI is InChI=1S/C19H19N3O2/c1-13-5-6-14-15(9-10-21-16(14)12-13)17(23)7-8-19(24)22-11-3-4-18(22)20-2/h5-6,9-10,12,18H,3-4,7-8,11H2,1H3/t18-/m0/s1. The molecule has 1 fully saturated rings. The summed E-state index contributed by atoms with van der Waals surface area (Å²) in [6.07, 6.45) is 3.19. The Morgan fingerprint density at radius 3 is 2.96 bits per heavy atom. The molecule has 3 rings (SSSR count). The molecule has 1 aromatic carbocycles. The van der Waals surface area contributed by atoms with Gasteiger partial charge in [0.15, 0.2) is 5.78 Å². The van der Waals surface area contributed by atoms with Crippen molar-refractivity contribution in [1.82, 2.24) is 9.88 Å². The minimum absolute atomic E-state index is 0.0573. The van der Waals surface area contributed by atoms with Crippen molar-refractivity contribution in [3.8, 4) is 0 Å². The summed E-state index contributed by atoms with van der Waals surface area (Å²) >= 11 is 0. The number of aromatic nitrogens is 1. The molecule has 0 radical (unpaired) electrons. The van der Waals surface area contributed by atoms with Crippen molar-refractivity contribution in [3.63, 3.8) is 0 Å². The van der Waals surface area contributed by atoms with Crippen LogP contribution in [0.4, 0.5) is 0 Å². The SMILES string of the molecule is [C-]#[N+][C@@H]1CCCN1C(=O)CCC(=O)c1ccnc2cc(C)ccc12. The van der Waals surface area contributed by atoms with Gasteiger partial charge in [-0.25, -0.2) is 6.57 Å². The van der Waals surface area contributed by atoms with E-state index in [-0.39, 0.29) is 30.7 Å². The number of amides is 1. The van der Waals surface area contributed by atoms with E-state index in [1.807, 2.05) is 25.1 Å². The Labute approximate surface area is 141 Å². The van der Waals surface area contributed by atoms with E-state index in [2.05, 4.69) is 9.83 Å². The molecule has 5 heteroatoms. The number of pyridine rings is 1. The van der Waals surface area contributed by atoms with Crippen molar-refractivity contribution in [2.75, 3.05) is 6.54 Å². The molecule has 1 amide bonds. The molecule has 0 spiro atoms. The van der Waals surface area contributed by atoms with Gasteiger partial charge < -0.3 is 0 Å². The molecule has 24 heavy (non-hydrogen) atoms. The third-order valence-corrected chi connectivity index (χ3v) is 4.46. The molecule has 1 aliphatic heterocycles. The number of ketones is 1. The molecule has 2 aromatic rings. The third-order valence-electron chi connectivity index (χ3n) is 4.46. The van der Waals surface area contributed by atoms with Crippen LogP contribution in [0.25, 0.3) is 15.7 Å². The number of carbonyl (C=O) groups excluding carboxylic acids is 2. The highest BCUT2D eigenvalue weighted by Gasteiger charge is 2.32. The van der Waals surface area contributed by atoms with E-state index in [4.69, 9.17) is 6.57 Å². The second-order valence-electron chi connectivity index (χ2n) is 6.14. The predicted octanol–water partition coefficient (Wildman–Crippen LogP) is 3.37. The first-order valence-corrected chi connectivity index (χ1v) is 8.15. The Morgan fingerprint density at radius 2 is 2.17 bits per heavy atom. The van der Waals surface area contributed by atoms with Gasteiger partial charge in [0, 0.05) is 43.0 Å². The minimum atomic E-state index is -0.350. The average Bonchev–Trinajstić information content (AvgIpc) is 3.07. The minimum Gasteiger partial charge on any atom is -0.294 e.